The Morgan fingerprint density at radius 1 is 0.953 bits per heavy atom. The van der Waals surface area contributed by atoms with Crippen molar-refractivity contribution in [2.24, 2.45) is 5.92 Å². The largest absolute Gasteiger partial charge is 0.340 e. The highest BCUT2D eigenvalue weighted by molar-refractivity contribution is 7.09. The molecule has 1 aliphatic heterocycles. The number of nitrogens with one attached hydrogen (secondary N) is 1. The number of hydrogen-bond donors (Lipinski definition) is 1. The molecule has 0 bridgehead atoms. The highest BCUT2D eigenvalue weighted by Crippen LogP contribution is 2.28. The van der Waals surface area contributed by atoms with Crippen LogP contribution in [0.3, 0.4) is 0 Å². The van der Waals surface area contributed by atoms with E-state index in [1.165, 1.54) is 10.4 Å². The summed E-state index contributed by atoms with van der Waals surface area (Å²) < 4.78 is 2.36. The van der Waals surface area contributed by atoms with Crippen molar-refractivity contribution >= 4 is 34.2 Å². The second kappa shape index (κ2) is 14.3. The quantitative estimate of drug-likeness (QED) is 0.201. The Morgan fingerprint density at radius 2 is 1.70 bits per heavy atom. The zero-order chi connectivity index (χ0) is 30.3. The first kappa shape index (κ1) is 31.0. The molecule has 4 aromatic rings. The fourth-order valence-electron chi connectivity index (χ4n) is 6.17. The molecule has 8 heteroatoms. The Bertz CT molecular complexity index is 1490. The molecule has 0 radical (unpaired) electrons. The number of rotatable bonds is 12. The Kier molecular flexibility index (Phi) is 10.3. The molecule has 2 aromatic carbocycles. The maximum Gasteiger partial charge on any atom is 0.252 e. The van der Waals surface area contributed by atoms with E-state index in [2.05, 4.69) is 84.3 Å². The van der Waals surface area contributed by atoms with Gasteiger partial charge in [0.15, 0.2) is 0 Å². The first-order valence-electron chi connectivity index (χ1n) is 15.7. The number of nitrogens with zero attached hydrogens (tertiary/aromatic N) is 4. The Morgan fingerprint density at radius 3 is 2.35 bits per heavy atom. The fourth-order valence-corrected chi connectivity index (χ4v) is 6.87. The van der Waals surface area contributed by atoms with Gasteiger partial charge in [-0.15, -0.1) is 11.3 Å². The lowest BCUT2D eigenvalue weighted by Crippen LogP contribution is -2.55. The summed E-state index contributed by atoms with van der Waals surface area (Å²) in [6.45, 7) is 12.5. The van der Waals surface area contributed by atoms with Gasteiger partial charge in [0, 0.05) is 55.6 Å². The Balaban J connectivity index is 1.30. The van der Waals surface area contributed by atoms with E-state index in [4.69, 9.17) is 4.98 Å². The summed E-state index contributed by atoms with van der Waals surface area (Å²) >= 11 is 1.74. The van der Waals surface area contributed by atoms with E-state index in [1.807, 2.05) is 29.2 Å². The van der Waals surface area contributed by atoms with Gasteiger partial charge in [-0.2, -0.15) is 0 Å². The second-order valence-electron chi connectivity index (χ2n) is 12.1. The molecule has 5 rings (SSSR count). The van der Waals surface area contributed by atoms with Gasteiger partial charge in [-0.25, -0.2) is 4.98 Å². The second-order valence-corrected chi connectivity index (χ2v) is 13.1. The molecule has 0 unspecified atom stereocenters. The van der Waals surface area contributed by atoms with Crippen molar-refractivity contribution in [3.8, 4) is 0 Å². The van der Waals surface area contributed by atoms with Crippen LogP contribution in [0, 0.1) is 5.92 Å². The minimum Gasteiger partial charge on any atom is -0.340 e. The van der Waals surface area contributed by atoms with Crippen LogP contribution in [0.5, 0.6) is 0 Å². The lowest BCUT2D eigenvalue weighted by molar-refractivity contribution is -0.135. The molecule has 0 spiro atoms. The lowest BCUT2D eigenvalue weighted by Gasteiger charge is -2.37. The molecule has 43 heavy (non-hydrogen) atoms. The van der Waals surface area contributed by atoms with Gasteiger partial charge >= 0.3 is 0 Å². The van der Waals surface area contributed by atoms with E-state index in [0.29, 0.717) is 31.1 Å². The third kappa shape index (κ3) is 7.54. The summed E-state index contributed by atoms with van der Waals surface area (Å²) in [5.41, 5.74) is 3.71. The van der Waals surface area contributed by atoms with Crippen LogP contribution < -0.4 is 5.32 Å². The number of hydrogen-bond acceptors (Lipinski definition) is 5. The Hall–Kier alpha value is -3.49. The third-order valence-corrected chi connectivity index (χ3v) is 9.36. The summed E-state index contributed by atoms with van der Waals surface area (Å²) in [7, 11) is 0. The molecular weight excluding hydrogens is 554 g/mol. The summed E-state index contributed by atoms with van der Waals surface area (Å²) in [5, 5.41) is 5.20. The fraction of sp³-hybridized carbons (Fsp3) is 0.457. The summed E-state index contributed by atoms with van der Waals surface area (Å²) in [6.07, 6.45) is 3.40. The van der Waals surface area contributed by atoms with Crippen LogP contribution in [0.25, 0.3) is 11.0 Å². The van der Waals surface area contributed by atoms with Crippen LogP contribution in [-0.2, 0) is 17.8 Å². The first-order valence-corrected chi connectivity index (χ1v) is 16.6. The minimum absolute atomic E-state index is 0.0127. The number of carbonyl (C=O) groups excluding carboxylic acids is 2. The van der Waals surface area contributed by atoms with Gasteiger partial charge in [-0.1, -0.05) is 64.1 Å². The number of imidazole rings is 1. The molecule has 1 atom stereocenters. The van der Waals surface area contributed by atoms with Crippen molar-refractivity contribution in [1.29, 1.82) is 0 Å². The molecule has 228 valence electrons. The number of thiophene rings is 1. The third-order valence-electron chi connectivity index (χ3n) is 8.49. The van der Waals surface area contributed by atoms with Gasteiger partial charge in [0.25, 0.3) is 5.91 Å². The van der Waals surface area contributed by atoms with Crippen molar-refractivity contribution in [1.82, 2.24) is 24.7 Å². The highest BCUT2D eigenvalue weighted by atomic mass is 32.1. The molecule has 2 aromatic heterocycles. The topological polar surface area (TPSA) is 70.5 Å². The highest BCUT2D eigenvalue weighted by Gasteiger charge is 2.30. The average molecular weight is 600 g/mol. The zero-order valence-electron chi connectivity index (χ0n) is 26.0. The van der Waals surface area contributed by atoms with Crippen molar-refractivity contribution in [2.45, 2.75) is 72.0 Å². The van der Waals surface area contributed by atoms with Crippen LogP contribution in [0.4, 0.5) is 0 Å². The molecule has 0 saturated carbocycles. The van der Waals surface area contributed by atoms with Crippen molar-refractivity contribution in [2.75, 3.05) is 26.2 Å². The normalized spacial score (nSPS) is 15.0. The molecule has 1 fully saturated rings. The maximum absolute atomic E-state index is 13.7. The van der Waals surface area contributed by atoms with Crippen molar-refractivity contribution in [3.05, 3.63) is 87.9 Å². The molecule has 2 amide bonds. The van der Waals surface area contributed by atoms with Crippen LogP contribution in [-0.4, -0.2) is 63.4 Å². The van der Waals surface area contributed by atoms with Gasteiger partial charge in [0.1, 0.15) is 11.9 Å². The number of carbonyl (C=O) groups is 2. The zero-order valence-corrected chi connectivity index (χ0v) is 26.8. The van der Waals surface area contributed by atoms with E-state index < -0.39 is 6.04 Å². The van der Waals surface area contributed by atoms with E-state index in [1.54, 1.807) is 11.3 Å². The maximum atomic E-state index is 13.7. The number of piperazine rings is 1. The van der Waals surface area contributed by atoms with E-state index in [-0.39, 0.29) is 17.7 Å². The molecule has 0 aliphatic carbocycles. The summed E-state index contributed by atoms with van der Waals surface area (Å²) in [6, 6.07) is 20.3. The number of amides is 2. The Labute approximate surface area is 259 Å². The van der Waals surface area contributed by atoms with Crippen LogP contribution in [0.1, 0.15) is 79.6 Å². The average Bonchev–Trinajstić information content (AvgIpc) is 3.65. The predicted molar refractivity (Wildman–Crippen MR) is 175 cm³/mol. The monoisotopic (exact) mass is 599 g/mol. The van der Waals surface area contributed by atoms with Gasteiger partial charge in [-0.05, 0) is 60.4 Å². The number of benzene rings is 2. The van der Waals surface area contributed by atoms with E-state index in [9.17, 15) is 9.59 Å². The van der Waals surface area contributed by atoms with Gasteiger partial charge < -0.3 is 14.8 Å². The van der Waals surface area contributed by atoms with Gasteiger partial charge in [-0.3, -0.25) is 14.5 Å². The minimum atomic E-state index is -0.555. The summed E-state index contributed by atoms with van der Waals surface area (Å²) in [5.74, 6) is 1.09. The van der Waals surface area contributed by atoms with Gasteiger partial charge in [0.2, 0.25) is 5.91 Å². The molecular formula is C35H45N5O2S. The molecule has 1 aliphatic rings. The molecule has 1 N–H and O–H groups in total. The SMILES string of the molecule is CCC(CC)n1c(Cc2cccs2)nc2cc(C(=O)N[C@@H](CC(C)C)C(=O)N3CCN(Cc4ccccc4)CC3)ccc21. The van der Waals surface area contributed by atoms with Crippen molar-refractivity contribution < 1.29 is 9.59 Å². The number of aromatic nitrogens is 2. The smallest absolute Gasteiger partial charge is 0.252 e. The predicted octanol–water partition coefficient (Wildman–Crippen LogP) is 6.54. The van der Waals surface area contributed by atoms with Crippen molar-refractivity contribution in [3.63, 3.8) is 0 Å². The van der Waals surface area contributed by atoms with E-state index >= 15 is 0 Å². The molecule has 1 saturated heterocycles. The lowest BCUT2D eigenvalue weighted by atomic mass is 10.0. The number of fused-ring (bicyclic) bond motifs is 1. The van der Waals surface area contributed by atoms with Crippen LogP contribution >= 0.6 is 11.3 Å². The van der Waals surface area contributed by atoms with Crippen LogP contribution in [0.15, 0.2) is 66.0 Å². The van der Waals surface area contributed by atoms with E-state index in [0.717, 1.165) is 55.8 Å². The molecule has 3 heterocycles. The summed E-state index contributed by atoms with van der Waals surface area (Å²) in [4.78, 5) is 37.9. The van der Waals surface area contributed by atoms with Crippen LogP contribution in [0.2, 0.25) is 0 Å². The standard InChI is InChI=1S/C35H45N5O2S/c1-5-28(6-2)40-32-15-14-27(22-30(32)36-33(40)23-29-13-10-20-43-29)34(41)37-31(21-25(3)4)35(42)39-18-16-38(17-19-39)24-26-11-8-7-9-12-26/h7-15,20,22,25,28,31H,5-6,16-19,21,23-24H2,1-4H3,(H,37,41)/t31-/m0/s1. The first-order chi connectivity index (χ1) is 20.9. The molecule has 7 nitrogen and oxygen atoms in total. The van der Waals surface area contributed by atoms with Gasteiger partial charge in [0.05, 0.1) is 11.0 Å².